The quantitative estimate of drug-likeness (QED) is 0.611. The van der Waals surface area contributed by atoms with Crippen molar-refractivity contribution in [1.29, 1.82) is 0 Å². The third-order valence-electron chi connectivity index (χ3n) is 4.27. The highest BCUT2D eigenvalue weighted by atomic mass is 16.5. The average Bonchev–Trinajstić information content (AvgIpc) is 2.70. The van der Waals surface area contributed by atoms with Gasteiger partial charge in [0, 0.05) is 12.1 Å². The monoisotopic (exact) mass is 341 g/mol. The molecule has 0 heterocycles. The second-order valence-electron chi connectivity index (χ2n) is 6.21. The van der Waals surface area contributed by atoms with Crippen LogP contribution in [0.4, 0.5) is 0 Å². The second kappa shape index (κ2) is 8.89. The lowest BCUT2D eigenvalue weighted by molar-refractivity contribution is 0.285. The summed E-state index contributed by atoms with van der Waals surface area (Å²) in [5.74, 6) is 7.60. The number of benzene rings is 3. The summed E-state index contributed by atoms with van der Waals surface area (Å²) in [6.07, 6.45) is 0. The van der Waals surface area contributed by atoms with Crippen molar-refractivity contribution in [3.05, 3.63) is 102 Å². The molecule has 0 saturated carbocycles. The van der Waals surface area contributed by atoms with Crippen LogP contribution in [0.1, 0.15) is 22.7 Å². The highest BCUT2D eigenvalue weighted by Gasteiger charge is 2.14. The Hall–Kier alpha value is -3.02. The van der Waals surface area contributed by atoms with Gasteiger partial charge in [0.25, 0.3) is 0 Å². The summed E-state index contributed by atoms with van der Waals surface area (Å²) in [6, 6.07) is 28.8. The van der Waals surface area contributed by atoms with E-state index in [9.17, 15) is 0 Å². The van der Waals surface area contributed by atoms with Gasteiger partial charge in [-0.05, 0) is 42.4 Å². The standard InChI is InChI=1S/C24H23NO/c1-25(19-21-9-5-3-6-10-21)24(22-11-7-4-8-12-22)18-15-20-13-16-23(26-2)17-14-20/h3-14,16-17,24H,19H2,1-2H3. The molecular formula is C24H23NO. The molecule has 3 aromatic rings. The first kappa shape index (κ1) is 17.8. The molecule has 3 aromatic carbocycles. The lowest BCUT2D eigenvalue weighted by atomic mass is 10.0. The van der Waals surface area contributed by atoms with Crippen LogP contribution in [0.3, 0.4) is 0 Å². The molecule has 0 saturated heterocycles. The van der Waals surface area contributed by atoms with E-state index in [4.69, 9.17) is 4.74 Å². The molecule has 0 radical (unpaired) electrons. The number of ether oxygens (including phenoxy) is 1. The van der Waals surface area contributed by atoms with Gasteiger partial charge in [0.1, 0.15) is 5.75 Å². The van der Waals surface area contributed by atoms with E-state index in [0.717, 1.165) is 17.9 Å². The van der Waals surface area contributed by atoms with Gasteiger partial charge in [-0.2, -0.15) is 0 Å². The van der Waals surface area contributed by atoms with Gasteiger partial charge in [-0.1, -0.05) is 72.5 Å². The Morgan fingerprint density at radius 2 is 1.46 bits per heavy atom. The summed E-state index contributed by atoms with van der Waals surface area (Å²) in [4.78, 5) is 2.28. The Labute approximate surface area is 156 Å². The van der Waals surface area contributed by atoms with Crippen LogP contribution in [0.25, 0.3) is 0 Å². The van der Waals surface area contributed by atoms with E-state index in [1.54, 1.807) is 7.11 Å². The molecule has 1 atom stereocenters. The zero-order valence-corrected chi connectivity index (χ0v) is 15.2. The molecular weight excluding hydrogens is 318 g/mol. The molecule has 2 heteroatoms. The molecule has 0 aliphatic heterocycles. The highest BCUT2D eigenvalue weighted by Crippen LogP contribution is 2.21. The largest absolute Gasteiger partial charge is 0.497 e. The molecule has 0 N–H and O–H groups in total. The third-order valence-corrected chi connectivity index (χ3v) is 4.27. The summed E-state index contributed by atoms with van der Waals surface area (Å²) in [5, 5.41) is 0. The zero-order chi connectivity index (χ0) is 18.2. The van der Waals surface area contributed by atoms with Gasteiger partial charge in [0.15, 0.2) is 0 Å². The summed E-state index contributed by atoms with van der Waals surface area (Å²) in [7, 11) is 3.79. The normalized spacial score (nSPS) is 11.5. The van der Waals surface area contributed by atoms with Gasteiger partial charge in [-0.25, -0.2) is 0 Å². The fraction of sp³-hybridized carbons (Fsp3) is 0.167. The Morgan fingerprint density at radius 3 is 2.08 bits per heavy atom. The van der Waals surface area contributed by atoms with Gasteiger partial charge in [-0.3, -0.25) is 4.90 Å². The van der Waals surface area contributed by atoms with Crippen molar-refractivity contribution in [2.45, 2.75) is 12.6 Å². The van der Waals surface area contributed by atoms with Crippen molar-refractivity contribution < 1.29 is 4.74 Å². The Kier molecular flexibility index (Phi) is 6.09. The van der Waals surface area contributed by atoms with Crippen molar-refractivity contribution in [3.8, 4) is 17.6 Å². The summed E-state index contributed by atoms with van der Waals surface area (Å²) < 4.78 is 5.21. The Bertz CT molecular complexity index is 861. The van der Waals surface area contributed by atoms with Crippen molar-refractivity contribution in [2.75, 3.05) is 14.2 Å². The molecule has 0 bridgehead atoms. The summed E-state index contributed by atoms with van der Waals surface area (Å²) in [6.45, 7) is 0.845. The van der Waals surface area contributed by atoms with E-state index in [-0.39, 0.29) is 6.04 Å². The van der Waals surface area contributed by atoms with Crippen molar-refractivity contribution >= 4 is 0 Å². The first-order chi connectivity index (χ1) is 12.8. The SMILES string of the molecule is COc1ccc(C#CC(c2ccccc2)N(C)Cc2ccccc2)cc1. The maximum atomic E-state index is 5.21. The smallest absolute Gasteiger partial charge is 0.118 e. The molecule has 2 nitrogen and oxygen atoms in total. The maximum absolute atomic E-state index is 5.21. The summed E-state index contributed by atoms with van der Waals surface area (Å²) >= 11 is 0. The molecule has 3 rings (SSSR count). The Morgan fingerprint density at radius 1 is 0.846 bits per heavy atom. The van der Waals surface area contributed by atoms with Crippen LogP contribution in [0.2, 0.25) is 0 Å². The number of rotatable bonds is 5. The van der Waals surface area contributed by atoms with Crippen LogP contribution in [0, 0.1) is 11.8 Å². The summed E-state index contributed by atoms with van der Waals surface area (Å²) in [5.41, 5.74) is 3.47. The van der Waals surface area contributed by atoms with Crippen molar-refractivity contribution in [1.82, 2.24) is 4.90 Å². The first-order valence-electron chi connectivity index (χ1n) is 8.71. The van der Waals surface area contributed by atoms with Crippen LogP contribution < -0.4 is 4.74 Å². The van der Waals surface area contributed by atoms with Crippen LogP contribution >= 0.6 is 0 Å². The predicted molar refractivity (Wildman–Crippen MR) is 107 cm³/mol. The van der Waals surface area contributed by atoms with Crippen LogP contribution in [0.15, 0.2) is 84.9 Å². The number of hydrogen-bond acceptors (Lipinski definition) is 2. The molecule has 0 aliphatic rings. The minimum Gasteiger partial charge on any atom is -0.497 e. The van der Waals surface area contributed by atoms with Crippen molar-refractivity contribution in [3.63, 3.8) is 0 Å². The molecule has 26 heavy (non-hydrogen) atoms. The van der Waals surface area contributed by atoms with Crippen LogP contribution in [-0.2, 0) is 6.54 Å². The van der Waals surface area contributed by atoms with Crippen LogP contribution in [0.5, 0.6) is 5.75 Å². The van der Waals surface area contributed by atoms with E-state index in [2.05, 4.69) is 72.3 Å². The van der Waals surface area contributed by atoms with Crippen molar-refractivity contribution in [2.24, 2.45) is 0 Å². The number of methoxy groups -OCH3 is 1. The molecule has 0 aromatic heterocycles. The van der Waals surface area contributed by atoms with E-state index >= 15 is 0 Å². The fourth-order valence-electron chi connectivity index (χ4n) is 2.87. The highest BCUT2D eigenvalue weighted by molar-refractivity contribution is 5.40. The van der Waals surface area contributed by atoms with Gasteiger partial charge < -0.3 is 4.74 Å². The Balaban J connectivity index is 1.85. The molecule has 0 aliphatic carbocycles. The van der Waals surface area contributed by atoms with Gasteiger partial charge >= 0.3 is 0 Å². The van der Waals surface area contributed by atoms with Gasteiger partial charge in [0.2, 0.25) is 0 Å². The first-order valence-corrected chi connectivity index (χ1v) is 8.71. The topological polar surface area (TPSA) is 12.5 Å². The second-order valence-corrected chi connectivity index (χ2v) is 6.21. The molecule has 0 fully saturated rings. The van der Waals surface area contributed by atoms with E-state index in [1.807, 2.05) is 36.4 Å². The average molecular weight is 341 g/mol. The van der Waals surface area contributed by atoms with E-state index < -0.39 is 0 Å². The van der Waals surface area contributed by atoms with Crippen LogP contribution in [-0.4, -0.2) is 19.1 Å². The minimum absolute atomic E-state index is 0.0264. The maximum Gasteiger partial charge on any atom is 0.118 e. The van der Waals surface area contributed by atoms with E-state index in [0.29, 0.717) is 0 Å². The molecule has 0 amide bonds. The predicted octanol–water partition coefficient (Wildman–Crippen LogP) is 4.92. The number of hydrogen-bond donors (Lipinski definition) is 0. The third kappa shape index (κ3) is 4.75. The van der Waals surface area contributed by atoms with E-state index in [1.165, 1.54) is 11.1 Å². The van der Waals surface area contributed by atoms with Gasteiger partial charge in [-0.15, -0.1) is 0 Å². The lowest BCUT2D eigenvalue weighted by Gasteiger charge is -2.24. The van der Waals surface area contributed by atoms with Gasteiger partial charge in [0.05, 0.1) is 13.2 Å². The fourth-order valence-corrected chi connectivity index (χ4v) is 2.87. The zero-order valence-electron chi connectivity index (χ0n) is 15.2. The molecule has 1 unspecified atom stereocenters. The lowest BCUT2D eigenvalue weighted by Crippen LogP contribution is -2.23. The number of nitrogens with zero attached hydrogens (tertiary/aromatic N) is 1. The molecule has 0 spiro atoms. The minimum atomic E-state index is 0.0264. The molecule has 130 valence electrons.